The number of carbonyl (C=O) groups is 2. The first-order chi connectivity index (χ1) is 19.4. The number of amides is 2. The van der Waals surface area contributed by atoms with Gasteiger partial charge in [-0.05, 0) is 98.1 Å². The van der Waals surface area contributed by atoms with E-state index in [9.17, 15) is 14.7 Å². The number of anilines is 1. The van der Waals surface area contributed by atoms with Crippen LogP contribution in [0.4, 0.5) is 5.69 Å². The van der Waals surface area contributed by atoms with Gasteiger partial charge in [-0.25, -0.2) is 0 Å². The number of nitrogens with one attached hydrogen (secondary N) is 3. The molecule has 0 spiro atoms. The number of fused-ring (bicyclic) bond motifs is 2. The zero-order valence-electron chi connectivity index (χ0n) is 25.2. The third-order valence-electron chi connectivity index (χ3n) is 9.99. The quantitative estimate of drug-likeness (QED) is 0.281. The number of aromatic nitrogens is 1. The van der Waals surface area contributed by atoms with Crippen LogP contribution in [0.25, 0.3) is 10.9 Å². The number of aromatic amines is 1. The highest BCUT2D eigenvalue weighted by atomic mass is 16.3. The highest BCUT2D eigenvalue weighted by Gasteiger charge is 2.61. The van der Waals surface area contributed by atoms with Gasteiger partial charge in [0.05, 0.1) is 5.60 Å². The number of H-pyrrole nitrogens is 1. The first-order valence-electron chi connectivity index (χ1n) is 15.0. The second-order valence-electron chi connectivity index (χ2n) is 13.6. The van der Waals surface area contributed by atoms with Gasteiger partial charge in [-0.2, -0.15) is 0 Å². The van der Waals surface area contributed by atoms with Crippen molar-refractivity contribution in [3.63, 3.8) is 0 Å². The lowest BCUT2D eigenvalue weighted by atomic mass is 9.57. The predicted molar refractivity (Wildman–Crippen MR) is 165 cm³/mol. The standard InChI is InChI=1S/C34H46N4O3/c1-32(2)21-29(37-31(40)23-10-12-25(13-11-23)38(4)5)34(18-17-33(3,41)20-28(32)34)16-14-30(39)35-19-15-24-22-36-27-9-7-6-8-26(24)27/h6-13,22,28-29,36,41H,14-21H2,1-5H3,(H,35,39)(H,37,40)/t28-,29-,33-,34-/m0/s1. The van der Waals surface area contributed by atoms with Crippen LogP contribution < -0.4 is 15.5 Å². The van der Waals surface area contributed by atoms with Gasteiger partial charge in [0.2, 0.25) is 5.91 Å². The van der Waals surface area contributed by atoms with Crippen LogP contribution in [0.3, 0.4) is 0 Å². The van der Waals surface area contributed by atoms with Gasteiger partial charge >= 0.3 is 0 Å². The molecule has 2 saturated carbocycles. The summed E-state index contributed by atoms with van der Waals surface area (Å²) >= 11 is 0. The number of para-hydroxylation sites is 1. The molecule has 4 N–H and O–H groups in total. The molecule has 0 unspecified atom stereocenters. The van der Waals surface area contributed by atoms with Crippen molar-refractivity contribution in [2.45, 2.75) is 77.4 Å². The topological polar surface area (TPSA) is 97.5 Å². The van der Waals surface area contributed by atoms with Crippen molar-refractivity contribution in [3.05, 3.63) is 65.9 Å². The van der Waals surface area contributed by atoms with Crippen molar-refractivity contribution in [1.29, 1.82) is 0 Å². The van der Waals surface area contributed by atoms with Crippen LogP contribution in [0.15, 0.2) is 54.7 Å². The summed E-state index contributed by atoms with van der Waals surface area (Å²) in [6.07, 6.45) is 6.88. The van der Waals surface area contributed by atoms with Gasteiger partial charge in [-0.15, -0.1) is 0 Å². The predicted octanol–water partition coefficient (Wildman–Crippen LogP) is 5.44. The minimum Gasteiger partial charge on any atom is -0.390 e. The average Bonchev–Trinajstić information content (AvgIpc) is 3.43. The molecular formula is C34H46N4O3. The van der Waals surface area contributed by atoms with Crippen LogP contribution in [0, 0.1) is 16.7 Å². The lowest BCUT2D eigenvalue weighted by Crippen LogP contribution is -2.52. The van der Waals surface area contributed by atoms with Crippen LogP contribution in [0.2, 0.25) is 0 Å². The Morgan fingerprint density at radius 3 is 2.49 bits per heavy atom. The molecule has 0 aliphatic heterocycles. The zero-order chi connectivity index (χ0) is 29.4. The van der Waals surface area contributed by atoms with Crippen LogP contribution in [-0.4, -0.2) is 54.2 Å². The molecule has 2 aromatic carbocycles. The van der Waals surface area contributed by atoms with Crippen LogP contribution in [-0.2, 0) is 11.2 Å². The first-order valence-corrected chi connectivity index (χ1v) is 15.0. The fourth-order valence-electron chi connectivity index (χ4n) is 7.69. The van der Waals surface area contributed by atoms with E-state index in [1.54, 1.807) is 0 Å². The van der Waals surface area contributed by atoms with Crippen molar-refractivity contribution >= 4 is 28.4 Å². The van der Waals surface area contributed by atoms with Gasteiger partial charge in [-0.1, -0.05) is 32.0 Å². The maximum atomic E-state index is 13.5. The van der Waals surface area contributed by atoms with E-state index < -0.39 is 5.60 Å². The first kappa shape index (κ1) is 29.2. The van der Waals surface area contributed by atoms with Crippen LogP contribution in [0.1, 0.15) is 75.2 Å². The normalized spacial score (nSPS) is 26.9. The fourth-order valence-corrected chi connectivity index (χ4v) is 7.69. The lowest BCUT2D eigenvalue weighted by molar-refractivity contribution is -0.123. The van der Waals surface area contributed by atoms with E-state index in [0.717, 1.165) is 30.5 Å². The summed E-state index contributed by atoms with van der Waals surface area (Å²) in [7, 11) is 3.96. The summed E-state index contributed by atoms with van der Waals surface area (Å²) in [6.45, 7) is 7.03. The molecule has 1 heterocycles. The van der Waals surface area contributed by atoms with E-state index in [1.807, 2.05) is 68.5 Å². The van der Waals surface area contributed by atoms with Crippen molar-refractivity contribution in [3.8, 4) is 0 Å². The second-order valence-corrected chi connectivity index (χ2v) is 13.6. The molecule has 0 bridgehead atoms. The Balaban J connectivity index is 1.28. The van der Waals surface area contributed by atoms with E-state index >= 15 is 0 Å². The number of carbonyl (C=O) groups excluding carboxylic acids is 2. The second kappa shape index (κ2) is 11.2. The number of hydrogen-bond donors (Lipinski definition) is 4. The van der Waals surface area contributed by atoms with E-state index in [-0.39, 0.29) is 34.6 Å². The number of rotatable bonds is 9. The summed E-state index contributed by atoms with van der Waals surface area (Å²) in [6, 6.07) is 15.8. The Kier molecular flexibility index (Phi) is 7.94. The molecule has 1 aromatic heterocycles. The minimum absolute atomic E-state index is 0.0457. The lowest BCUT2D eigenvalue weighted by Gasteiger charge is -2.50. The summed E-state index contributed by atoms with van der Waals surface area (Å²) in [5.41, 5.74) is 2.97. The maximum Gasteiger partial charge on any atom is 0.251 e. The third kappa shape index (κ3) is 6.01. The molecule has 7 heteroatoms. The van der Waals surface area contributed by atoms with Crippen molar-refractivity contribution in [1.82, 2.24) is 15.6 Å². The molecule has 41 heavy (non-hydrogen) atoms. The molecule has 2 fully saturated rings. The van der Waals surface area contributed by atoms with Crippen molar-refractivity contribution in [2.75, 3.05) is 25.5 Å². The summed E-state index contributed by atoms with van der Waals surface area (Å²) in [5, 5.41) is 18.8. The van der Waals surface area contributed by atoms with Crippen molar-refractivity contribution in [2.24, 2.45) is 16.7 Å². The molecule has 7 nitrogen and oxygen atoms in total. The van der Waals surface area contributed by atoms with Gasteiger partial charge in [-0.3, -0.25) is 9.59 Å². The minimum atomic E-state index is -0.728. The highest BCUT2D eigenvalue weighted by molar-refractivity contribution is 5.94. The van der Waals surface area contributed by atoms with Gasteiger partial charge in [0.15, 0.2) is 0 Å². The van der Waals surface area contributed by atoms with E-state index in [4.69, 9.17) is 0 Å². The molecular weight excluding hydrogens is 512 g/mol. The van der Waals surface area contributed by atoms with Gasteiger partial charge < -0.3 is 25.6 Å². The Hall–Kier alpha value is -3.32. The van der Waals surface area contributed by atoms with Crippen LogP contribution >= 0.6 is 0 Å². The average molecular weight is 559 g/mol. The van der Waals surface area contributed by atoms with Gasteiger partial charge in [0.1, 0.15) is 0 Å². The Labute approximate surface area is 244 Å². The zero-order valence-corrected chi connectivity index (χ0v) is 25.2. The van der Waals surface area contributed by atoms with E-state index in [2.05, 4.69) is 41.6 Å². The SMILES string of the molecule is CN(C)c1ccc(C(=O)N[C@H]2CC(C)(C)[C@@H]3C[C@@](C)(O)CC[C@]23CCC(=O)NCCc2c[nH]c3ccccc23)cc1. The molecule has 2 aliphatic rings. The molecule has 220 valence electrons. The number of nitrogens with zero attached hydrogens (tertiary/aromatic N) is 1. The summed E-state index contributed by atoms with van der Waals surface area (Å²) in [5.74, 6) is 0.181. The monoisotopic (exact) mass is 558 g/mol. The Morgan fingerprint density at radius 1 is 1.02 bits per heavy atom. The number of benzene rings is 2. The number of aliphatic hydroxyl groups is 1. The summed E-state index contributed by atoms with van der Waals surface area (Å²) in [4.78, 5) is 31.9. The highest BCUT2D eigenvalue weighted by Crippen LogP contribution is 2.63. The van der Waals surface area contributed by atoms with Crippen LogP contribution in [0.5, 0.6) is 0 Å². The van der Waals surface area contributed by atoms with E-state index in [1.165, 1.54) is 10.9 Å². The van der Waals surface area contributed by atoms with Crippen molar-refractivity contribution < 1.29 is 14.7 Å². The van der Waals surface area contributed by atoms with Gasteiger partial charge in [0, 0.05) is 61.5 Å². The third-order valence-corrected chi connectivity index (χ3v) is 9.99. The molecule has 0 radical (unpaired) electrons. The maximum absolute atomic E-state index is 13.5. The number of hydrogen-bond acceptors (Lipinski definition) is 4. The molecule has 2 amide bonds. The molecule has 4 atom stereocenters. The molecule has 5 rings (SSSR count). The molecule has 2 aliphatic carbocycles. The Morgan fingerprint density at radius 2 is 1.76 bits per heavy atom. The molecule has 3 aromatic rings. The van der Waals surface area contributed by atoms with E-state index in [0.29, 0.717) is 37.8 Å². The summed E-state index contributed by atoms with van der Waals surface area (Å²) < 4.78 is 0. The fraction of sp³-hybridized carbons (Fsp3) is 0.529. The van der Waals surface area contributed by atoms with Gasteiger partial charge in [0.25, 0.3) is 5.91 Å². The smallest absolute Gasteiger partial charge is 0.251 e. The Bertz CT molecular complexity index is 1390. The largest absolute Gasteiger partial charge is 0.390 e. The molecule has 0 saturated heterocycles.